The fraction of sp³-hybridized carbons (Fsp3) is 0.0769. The van der Waals surface area contributed by atoms with E-state index in [2.05, 4.69) is 26.0 Å². The minimum Gasteiger partial charge on any atom is -0.463 e. The number of urea groups is 1. The number of furan rings is 1. The highest BCUT2D eigenvalue weighted by atomic mass is 79.9. The molecule has 0 bridgehead atoms. The number of rotatable bonds is 7. The third-order valence-corrected chi connectivity index (χ3v) is 5.83. The van der Waals surface area contributed by atoms with Crippen molar-refractivity contribution in [3.8, 4) is 5.75 Å². The highest BCUT2D eigenvalue weighted by Crippen LogP contribution is 2.27. The summed E-state index contributed by atoms with van der Waals surface area (Å²) in [5.74, 6) is -1.60. The largest absolute Gasteiger partial charge is 0.463 e. The van der Waals surface area contributed by atoms with Crippen LogP contribution in [0.3, 0.4) is 0 Å². The summed E-state index contributed by atoms with van der Waals surface area (Å²) in [4.78, 5) is 50.3. The van der Waals surface area contributed by atoms with Gasteiger partial charge in [0.2, 0.25) is 5.76 Å². The molecule has 0 radical (unpaired) electrons. The first-order chi connectivity index (χ1) is 17.7. The van der Waals surface area contributed by atoms with Gasteiger partial charge in [-0.25, -0.2) is 14.4 Å². The normalized spacial score (nSPS) is 14.4. The number of carbonyl (C=O) groups excluding carboxylic acids is 4. The quantitative estimate of drug-likeness (QED) is 0.176. The van der Waals surface area contributed by atoms with E-state index in [0.717, 1.165) is 10.5 Å². The molecule has 37 heavy (non-hydrogen) atoms. The van der Waals surface area contributed by atoms with Crippen molar-refractivity contribution in [3.05, 3.63) is 98.5 Å². The molecular weight excluding hydrogens is 568 g/mol. The molecule has 3 aromatic rings. The number of hydrogen-bond acceptors (Lipinski definition) is 7. The molecule has 1 aliphatic rings. The number of amides is 3. The molecule has 1 N–H and O–H groups in total. The van der Waals surface area contributed by atoms with Crippen LogP contribution >= 0.6 is 27.5 Å². The van der Waals surface area contributed by atoms with Gasteiger partial charge in [0.15, 0.2) is 0 Å². The van der Waals surface area contributed by atoms with Crippen molar-refractivity contribution in [1.82, 2.24) is 10.2 Å². The van der Waals surface area contributed by atoms with Gasteiger partial charge in [0.1, 0.15) is 17.2 Å². The van der Waals surface area contributed by atoms with Gasteiger partial charge in [0.05, 0.1) is 13.7 Å². The summed E-state index contributed by atoms with van der Waals surface area (Å²) < 4.78 is 16.1. The first kappa shape index (κ1) is 25.9. The molecule has 0 saturated carbocycles. The number of halogens is 2. The molecule has 3 amide bonds. The number of nitrogens with zero attached hydrogens (tertiary/aromatic N) is 1. The van der Waals surface area contributed by atoms with Crippen LogP contribution in [0, 0.1) is 0 Å². The number of benzene rings is 2. The van der Waals surface area contributed by atoms with E-state index in [0.29, 0.717) is 15.1 Å². The van der Waals surface area contributed by atoms with Gasteiger partial charge in [-0.05, 0) is 60.2 Å². The van der Waals surface area contributed by atoms with Crippen molar-refractivity contribution in [2.24, 2.45) is 0 Å². The monoisotopic (exact) mass is 584 g/mol. The van der Waals surface area contributed by atoms with E-state index in [9.17, 15) is 19.2 Å². The van der Waals surface area contributed by atoms with Crippen LogP contribution in [0.2, 0.25) is 5.02 Å². The zero-order chi connectivity index (χ0) is 26.5. The SMILES string of the molecule is COC(=O)c1ccc(CN2C(=O)N/C(=C/c3cc(Br)ccc3OC(=O)/C=C/c3ccc(Cl)cc3)C2=O)o1. The Bertz CT molecular complexity index is 1440. The summed E-state index contributed by atoms with van der Waals surface area (Å²) in [7, 11) is 1.21. The van der Waals surface area contributed by atoms with Gasteiger partial charge in [-0.3, -0.25) is 9.69 Å². The molecule has 4 rings (SSSR count). The van der Waals surface area contributed by atoms with Crippen LogP contribution in [0.25, 0.3) is 12.2 Å². The molecule has 0 aliphatic carbocycles. The van der Waals surface area contributed by atoms with Crippen LogP contribution in [0.4, 0.5) is 4.79 Å². The Labute approximate surface area is 224 Å². The first-order valence-corrected chi connectivity index (χ1v) is 11.9. The maximum atomic E-state index is 12.9. The molecule has 2 aromatic carbocycles. The number of carbonyl (C=O) groups is 4. The van der Waals surface area contributed by atoms with E-state index in [1.807, 2.05) is 0 Å². The van der Waals surface area contributed by atoms with Crippen LogP contribution in [-0.2, 0) is 20.9 Å². The zero-order valence-electron chi connectivity index (χ0n) is 19.2. The molecule has 1 aromatic heterocycles. The number of methoxy groups -OCH3 is 1. The Morgan fingerprint density at radius 2 is 1.86 bits per heavy atom. The molecule has 1 saturated heterocycles. The van der Waals surface area contributed by atoms with E-state index < -0.39 is 23.9 Å². The Kier molecular flexibility index (Phi) is 7.90. The highest BCUT2D eigenvalue weighted by Gasteiger charge is 2.34. The fourth-order valence-electron chi connectivity index (χ4n) is 3.31. The van der Waals surface area contributed by atoms with Gasteiger partial charge in [-0.2, -0.15) is 0 Å². The summed E-state index contributed by atoms with van der Waals surface area (Å²) in [5, 5.41) is 3.08. The van der Waals surface area contributed by atoms with Gasteiger partial charge in [-0.15, -0.1) is 0 Å². The molecule has 188 valence electrons. The molecule has 0 atom stereocenters. The Morgan fingerprint density at radius 3 is 2.59 bits per heavy atom. The predicted octanol–water partition coefficient (Wildman–Crippen LogP) is 5.19. The maximum Gasteiger partial charge on any atom is 0.373 e. The summed E-state index contributed by atoms with van der Waals surface area (Å²) in [6.45, 7) is -0.200. The van der Waals surface area contributed by atoms with Crippen LogP contribution in [0.1, 0.15) is 27.4 Å². The van der Waals surface area contributed by atoms with Gasteiger partial charge in [0.25, 0.3) is 5.91 Å². The van der Waals surface area contributed by atoms with Crippen molar-refractivity contribution in [1.29, 1.82) is 0 Å². The number of ether oxygens (including phenoxy) is 2. The Morgan fingerprint density at radius 1 is 1.11 bits per heavy atom. The number of imide groups is 1. The Balaban J connectivity index is 1.50. The van der Waals surface area contributed by atoms with Gasteiger partial charge >= 0.3 is 18.0 Å². The van der Waals surface area contributed by atoms with Crippen LogP contribution < -0.4 is 10.1 Å². The second kappa shape index (κ2) is 11.3. The van der Waals surface area contributed by atoms with Gasteiger partial charge in [0, 0.05) is 21.1 Å². The molecule has 1 fully saturated rings. The highest BCUT2D eigenvalue weighted by molar-refractivity contribution is 9.10. The molecule has 0 unspecified atom stereocenters. The zero-order valence-corrected chi connectivity index (χ0v) is 21.5. The molecular formula is C26H18BrClN2O7. The topological polar surface area (TPSA) is 115 Å². The van der Waals surface area contributed by atoms with Gasteiger partial charge in [-0.1, -0.05) is 39.7 Å². The molecule has 11 heteroatoms. The molecule has 1 aliphatic heterocycles. The van der Waals surface area contributed by atoms with Crippen molar-refractivity contribution < 1.29 is 33.1 Å². The number of esters is 2. The summed E-state index contributed by atoms with van der Waals surface area (Å²) >= 11 is 9.22. The van der Waals surface area contributed by atoms with E-state index >= 15 is 0 Å². The Hall–Kier alpha value is -4.15. The summed E-state index contributed by atoms with van der Waals surface area (Å²) in [6, 6.07) is 13.9. The molecule has 0 spiro atoms. The maximum absolute atomic E-state index is 12.9. The van der Waals surface area contributed by atoms with Crippen molar-refractivity contribution >= 4 is 63.6 Å². The van der Waals surface area contributed by atoms with E-state index in [-0.39, 0.29) is 29.5 Å². The molecule has 2 heterocycles. The lowest BCUT2D eigenvalue weighted by Crippen LogP contribution is -2.30. The van der Waals surface area contributed by atoms with Crippen LogP contribution in [0.5, 0.6) is 5.75 Å². The average molecular weight is 586 g/mol. The third-order valence-electron chi connectivity index (χ3n) is 5.09. The van der Waals surface area contributed by atoms with Crippen molar-refractivity contribution in [2.45, 2.75) is 6.54 Å². The summed E-state index contributed by atoms with van der Waals surface area (Å²) in [5.41, 5.74) is 1.10. The lowest BCUT2D eigenvalue weighted by Gasteiger charge is -2.09. The second-order valence-electron chi connectivity index (χ2n) is 7.63. The van der Waals surface area contributed by atoms with Gasteiger partial charge < -0.3 is 19.2 Å². The minimum atomic E-state index is -0.677. The van der Waals surface area contributed by atoms with Crippen LogP contribution in [0.15, 0.2) is 75.3 Å². The lowest BCUT2D eigenvalue weighted by atomic mass is 10.1. The first-order valence-electron chi connectivity index (χ1n) is 10.7. The lowest BCUT2D eigenvalue weighted by molar-refractivity contribution is -0.129. The van der Waals surface area contributed by atoms with E-state index in [1.165, 1.54) is 31.4 Å². The van der Waals surface area contributed by atoms with Crippen molar-refractivity contribution in [2.75, 3.05) is 7.11 Å². The van der Waals surface area contributed by atoms with E-state index in [1.54, 1.807) is 48.5 Å². The minimum absolute atomic E-state index is 0.0307. The van der Waals surface area contributed by atoms with Crippen molar-refractivity contribution in [3.63, 3.8) is 0 Å². The standard InChI is InChI=1S/C26H18BrClN2O7/c1-35-25(33)22-10-8-19(36-22)14-30-24(32)20(29-26(30)34)13-16-12-17(27)5-9-21(16)37-23(31)11-4-15-2-6-18(28)7-3-15/h2-13H,14H2,1H3,(H,29,34)/b11-4+,20-13+. The predicted molar refractivity (Wildman–Crippen MR) is 137 cm³/mol. The van der Waals surface area contributed by atoms with Crippen LogP contribution in [-0.4, -0.2) is 35.9 Å². The number of nitrogens with one attached hydrogen (secondary N) is 1. The summed E-state index contributed by atoms with van der Waals surface area (Å²) in [6.07, 6.45) is 4.24. The second-order valence-corrected chi connectivity index (χ2v) is 8.98. The average Bonchev–Trinajstić information content (AvgIpc) is 3.45. The molecule has 9 nitrogen and oxygen atoms in total. The van der Waals surface area contributed by atoms with E-state index in [4.69, 9.17) is 20.8 Å². The fourth-order valence-corrected chi connectivity index (χ4v) is 3.81. The smallest absolute Gasteiger partial charge is 0.373 e. The third kappa shape index (κ3) is 6.35. The number of hydrogen-bond donors (Lipinski definition) is 1.